The van der Waals surface area contributed by atoms with Gasteiger partial charge in [0.2, 0.25) is 0 Å². The van der Waals surface area contributed by atoms with Gasteiger partial charge in [-0.3, -0.25) is 19.0 Å². The van der Waals surface area contributed by atoms with Crippen LogP contribution in [0.3, 0.4) is 0 Å². The molecule has 6 rings (SSSR count). The maximum atomic E-state index is 12.7. The second-order valence-electron chi connectivity index (χ2n) is 13.3. The molecule has 2 amide bonds. The Bertz CT molecular complexity index is 2900. The Morgan fingerprint density at radius 3 is 1.10 bits per heavy atom. The van der Waals surface area contributed by atoms with Crippen LogP contribution in [0.4, 0.5) is 49.1 Å². The number of alkyl halides is 6. The van der Waals surface area contributed by atoms with Crippen LogP contribution in [-0.2, 0) is 20.0 Å². The zero-order valence-corrected chi connectivity index (χ0v) is 36.7. The highest BCUT2D eigenvalue weighted by Gasteiger charge is 2.33. The molecule has 0 heterocycles. The maximum Gasteiger partial charge on any atom is 0.573 e. The van der Waals surface area contributed by atoms with E-state index in [4.69, 9.17) is 33.4 Å². The van der Waals surface area contributed by atoms with Crippen LogP contribution in [0.5, 0.6) is 11.5 Å². The SMILES string of the molecule is O=C(O)c1ccc(NC(=O)c2ccc(Cl)c(NS(=O)(=O)c3cccc(OC(F)(F)F)c3)c2)cc1.O=C(O)c1ccc(NC(=O)c2ccc(Cl)c(NS(=O)(=O)c3cccc(OC(F)(F)F)c3)c2)cc1. The van der Waals surface area contributed by atoms with Gasteiger partial charge in [0.25, 0.3) is 31.9 Å². The van der Waals surface area contributed by atoms with Crippen molar-refractivity contribution in [3.63, 3.8) is 0 Å². The molecular formula is C42H28Cl2F6N4O12S2. The molecule has 0 radical (unpaired) electrons. The van der Waals surface area contributed by atoms with Crippen molar-refractivity contribution in [2.45, 2.75) is 22.5 Å². The van der Waals surface area contributed by atoms with Crippen molar-refractivity contribution >= 4 is 89.8 Å². The number of ether oxygens (including phenoxy) is 2. The minimum absolute atomic E-state index is 0.00133. The summed E-state index contributed by atoms with van der Waals surface area (Å²) in [7, 11) is -8.79. The molecule has 0 aliphatic carbocycles. The summed E-state index contributed by atoms with van der Waals surface area (Å²) in [6, 6.07) is 25.5. The summed E-state index contributed by atoms with van der Waals surface area (Å²) < 4.78 is 137. The second-order valence-corrected chi connectivity index (χ2v) is 17.5. The molecule has 0 saturated heterocycles. The maximum absolute atomic E-state index is 12.7. The van der Waals surface area contributed by atoms with Crippen LogP contribution in [0.25, 0.3) is 0 Å². The molecule has 0 atom stereocenters. The Kier molecular flexibility index (Phi) is 15.9. The summed E-state index contributed by atoms with van der Waals surface area (Å²) in [6.07, 6.45) is -10.0. The molecule has 0 saturated carbocycles. The molecule has 0 bridgehead atoms. The quantitative estimate of drug-likeness (QED) is 0.0559. The van der Waals surface area contributed by atoms with Crippen LogP contribution in [-0.4, -0.2) is 63.5 Å². The molecule has 68 heavy (non-hydrogen) atoms. The van der Waals surface area contributed by atoms with E-state index in [1.54, 1.807) is 0 Å². The summed E-state index contributed by atoms with van der Waals surface area (Å²) >= 11 is 12.1. The number of carboxylic acids is 2. The van der Waals surface area contributed by atoms with Gasteiger partial charge in [-0.2, -0.15) is 0 Å². The third-order valence-electron chi connectivity index (χ3n) is 8.42. The van der Waals surface area contributed by atoms with Crippen molar-refractivity contribution < 1.29 is 82.0 Å². The predicted molar refractivity (Wildman–Crippen MR) is 233 cm³/mol. The van der Waals surface area contributed by atoms with E-state index in [0.717, 1.165) is 48.5 Å². The molecule has 0 aromatic heterocycles. The predicted octanol–water partition coefficient (Wildman–Crippen LogP) is 9.98. The number of hydrogen-bond acceptors (Lipinski definition) is 10. The van der Waals surface area contributed by atoms with Gasteiger partial charge in [-0.05, 0) is 109 Å². The smallest absolute Gasteiger partial charge is 0.478 e. The third-order valence-corrected chi connectivity index (χ3v) is 11.8. The number of aromatic carboxylic acids is 2. The highest BCUT2D eigenvalue weighted by molar-refractivity contribution is 7.93. The Labute approximate surface area is 390 Å². The number of hydrogen-bond donors (Lipinski definition) is 6. The first-order valence-corrected chi connectivity index (χ1v) is 22.1. The normalized spacial score (nSPS) is 11.5. The van der Waals surface area contributed by atoms with E-state index in [-0.39, 0.29) is 55.0 Å². The highest BCUT2D eigenvalue weighted by Crippen LogP contribution is 2.31. The van der Waals surface area contributed by atoms with Crippen LogP contribution in [0.15, 0.2) is 143 Å². The minimum Gasteiger partial charge on any atom is -0.478 e. The van der Waals surface area contributed by atoms with E-state index in [9.17, 15) is 62.4 Å². The molecule has 6 aromatic carbocycles. The number of rotatable bonds is 14. The second kappa shape index (κ2) is 21.0. The summed E-state index contributed by atoms with van der Waals surface area (Å²) in [6.45, 7) is 0. The monoisotopic (exact) mass is 1030 g/mol. The molecule has 0 aliphatic heterocycles. The number of sulfonamides is 2. The molecule has 0 unspecified atom stereocenters. The van der Waals surface area contributed by atoms with Crippen molar-refractivity contribution in [1.29, 1.82) is 0 Å². The molecule has 0 spiro atoms. The van der Waals surface area contributed by atoms with Crippen molar-refractivity contribution in [3.05, 3.63) is 166 Å². The highest BCUT2D eigenvalue weighted by atomic mass is 35.5. The molecular weight excluding hydrogens is 1000 g/mol. The van der Waals surface area contributed by atoms with Gasteiger partial charge in [-0.1, -0.05) is 35.3 Å². The summed E-state index contributed by atoms with van der Waals surface area (Å²) in [5, 5.41) is 22.7. The zero-order valence-electron chi connectivity index (χ0n) is 33.5. The number of anilines is 4. The van der Waals surface area contributed by atoms with Gasteiger partial charge in [0.05, 0.1) is 42.3 Å². The summed E-state index contributed by atoms with van der Waals surface area (Å²) in [5.41, 5.74) is 0.214. The number of benzene rings is 6. The molecule has 6 aromatic rings. The largest absolute Gasteiger partial charge is 0.573 e. The van der Waals surface area contributed by atoms with Crippen molar-refractivity contribution in [2.24, 2.45) is 0 Å². The Balaban J connectivity index is 0.000000254. The lowest BCUT2D eigenvalue weighted by Gasteiger charge is -2.13. The molecule has 0 fully saturated rings. The van der Waals surface area contributed by atoms with E-state index >= 15 is 0 Å². The fourth-order valence-corrected chi connectivity index (χ4v) is 8.02. The van der Waals surface area contributed by atoms with Gasteiger partial charge >= 0.3 is 24.7 Å². The van der Waals surface area contributed by atoms with Gasteiger partial charge in [-0.15, -0.1) is 26.3 Å². The average Bonchev–Trinajstić information content (AvgIpc) is 3.24. The van der Waals surface area contributed by atoms with Crippen LogP contribution < -0.4 is 29.6 Å². The number of carbonyl (C=O) groups is 4. The molecule has 0 aliphatic rings. The average molecular weight is 1030 g/mol. The molecule has 356 valence electrons. The number of carboxylic acid groups (broad SMARTS) is 2. The molecule has 26 heteroatoms. The Morgan fingerprint density at radius 1 is 0.471 bits per heavy atom. The number of carbonyl (C=O) groups excluding carboxylic acids is 2. The molecule has 6 N–H and O–H groups in total. The van der Waals surface area contributed by atoms with Crippen LogP contribution in [0.1, 0.15) is 41.4 Å². The van der Waals surface area contributed by atoms with Crippen LogP contribution in [0, 0.1) is 0 Å². The number of halogens is 8. The number of nitrogens with one attached hydrogen (secondary N) is 4. The third kappa shape index (κ3) is 14.7. The lowest BCUT2D eigenvalue weighted by Crippen LogP contribution is -2.18. The first kappa shape index (κ1) is 51.4. The lowest BCUT2D eigenvalue weighted by molar-refractivity contribution is -0.275. The van der Waals surface area contributed by atoms with Crippen molar-refractivity contribution in [1.82, 2.24) is 0 Å². The van der Waals surface area contributed by atoms with Gasteiger partial charge in [0.1, 0.15) is 11.5 Å². The Hall–Kier alpha value is -7.54. The van der Waals surface area contributed by atoms with E-state index in [1.807, 2.05) is 0 Å². The number of amides is 2. The van der Waals surface area contributed by atoms with E-state index in [1.165, 1.54) is 72.8 Å². The Morgan fingerprint density at radius 2 is 0.794 bits per heavy atom. The topological polar surface area (TPSA) is 244 Å². The van der Waals surface area contributed by atoms with E-state index < -0.39 is 77.8 Å². The standard InChI is InChI=1S/2C21H14ClF3N2O6S/c2*22-17-9-6-13(19(28)26-14-7-4-12(5-8-14)20(29)30)10-18(17)27-34(31,32)16-3-1-2-15(11-16)33-21(23,24)25/h2*1-11,27H,(H,26,28)(H,29,30). The fraction of sp³-hybridized carbons (Fsp3) is 0.0476. The summed E-state index contributed by atoms with van der Waals surface area (Å²) in [5.74, 6) is -5.04. The van der Waals surface area contributed by atoms with Crippen LogP contribution >= 0.6 is 23.2 Å². The van der Waals surface area contributed by atoms with E-state index in [2.05, 4.69) is 29.6 Å². The lowest BCUT2D eigenvalue weighted by atomic mass is 10.1. The van der Waals surface area contributed by atoms with Crippen molar-refractivity contribution in [2.75, 3.05) is 20.1 Å². The van der Waals surface area contributed by atoms with Crippen molar-refractivity contribution in [3.8, 4) is 11.5 Å². The van der Waals surface area contributed by atoms with E-state index in [0.29, 0.717) is 12.1 Å². The van der Waals surface area contributed by atoms with Crippen LogP contribution in [0.2, 0.25) is 10.0 Å². The summed E-state index contributed by atoms with van der Waals surface area (Å²) in [4.78, 5) is 45.8. The zero-order chi connectivity index (χ0) is 50.2. The fourth-order valence-electron chi connectivity index (χ4n) is 5.37. The first-order chi connectivity index (χ1) is 31.7. The van der Waals surface area contributed by atoms with Gasteiger partial charge in [-0.25, -0.2) is 26.4 Å². The first-order valence-electron chi connectivity index (χ1n) is 18.3. The molecule has 16 nitrogen and oxygen atoms in total. The van der Waals surface area contributed by atoms with Gasteiger partial charge in [0, 0.05) is 34.6 Å². The van der Waals surface area contributed by atoms with Gasteiger partial charge in [0.15, 0.2) is 0 Å². The minimum atomic E-state index is -5.01. The van der Waals surface area contributed by atoms with Gasteiger partial charge < -0.3 is 30.3 Å².